The lowest BCUT2D eigenvalue weighted by Crippen LogP contribution is -2.01. The van der Waals surface area contributed by atoms with Crippen molar-refractivity contribution < 1.29 is 19.0 Å². The van der Waals surface area contributed by atoms with Gasteiger partial charge in [0.2, 0.25) is 0 Å². The summed E-state index contributed by atoms with van der Waals surface area (Å²) in [6.45, 7) is 0.111. The maximum atomic E-state index is 11.8. The summed E-state index contributed by atoms with van der Waals surface area (Å²) in [7, 11) is 3.12. The second-order valence-corrected chi connectivity index (χ2v) is 4.90. The van der Waals surface area contributed by atoms with Crippen molar-refractivity contribution in [2.45, 2.75) is 6.61 Å². The maximum absolute atomic E-state index is 11.8. The number of rotatable bonds is 6. The van der Waals surface area contributed by atoms with Crippen molar-refractivity contribution in [3.05, 3.63) is 65.2 Å². The number of nitriles is 1. The number of nitrogens with zero attached hydrogens (tertiary/aromatic N) is 1. The lowest BCUT2D eigenvalue weighted by Gasteiger charge is -2.06. The summed E-state index contributed by atoms with van der Waals surface area (Å²) >= 11 is 0. The number of hydrogen-bond donors (Lipinski definition) is 0. The zero-order valence-electron chi connectivity index (χ0n) is 13.5. The molecule has 5 heteroatoms. The minimum atomic E-state index is -0.473. The third-order valence-corrected chi connectivity index (χ3v) is 3.22. The maximum Gasteiger partial charge on any atom is 0.331 e. The lowest BCUT2D eigenvalue weighted by molar-refractivity contribution is -0.138. The van der Waals surface area contributed by atoms with Crippen LogP contribution >= 0.6 is 0 Å². The average Bonchev–Trinajstić information content (AvgIpc) is 2.64. The van der Waals surface area contributed by atoms with Gasteiger partial charge < -0.3 is 14.2 Å². The van der Waals surface area contributed by atoms with Crippen LogP contribution in [0.5, 0.6) is 11.5 Å². The standard InChI is InChI=1S/C19H17NO4/c1-22-17-9-14(10-18(11-17)23-2)6-7-19(21)24-13-16-5-3-4-15(8-16)12-20/h3-11H,13H2,1-2H3/b7-6+. The summed E-state index contributed by atoms with van der Waals surface area (Å²) < 4.78 is 15.5. The van der Waals surface area contributed by atoms with Crippen LogP contribution < -0.4 is 9.47 Å². The monoisotopic (exact) mass is 323 g/mol. The quantitative estimate of drug-likeness (QED) is 0.602. The fraction of sp³-hybridized carbons (Fsp3) is 0.158. The van der Waals surface area contributed by atoms with Crippen molar-refractivity contribution in [2.75, 3.05) is 14.2 Å². The van der Waals surface area contributed by atoms with Gasteiger partial charge in [0.15, 0.2) is 0 Å². The highest BCUT2D eigenvalue weighted by Gasteiger charge is 2.02. The minimum absolute atomic E-state index is 0.111. The van der Waals surface area contributed by atoms with Crippen LogP contribution in [-0.4, -0.2) is 20.2 Å². The van der Waals surface area contributed by atoms with E-state index in [1.807, 2.05) is 6.07 Å². The molecule has 0 amide bonds. The molecule has 122 valence electrons. The Labute approximate surface area is 140 Å². The third kappa shape index (κ3) is 4.89. The molecule has 0 aromatic heterocycles. The molecule has 0 fully saturated rings. The summed E-state index contributed by atoms with van der Waals surface area (Å²) in [5.41, 5.74) is 2.05. The predicted octanol–water partition coefficient (Wildman–Crippen LogP) is 3.33. The summed E-state index contributed by atoms with van der Waals surface area (Å²) in [6.07, 6.45) is 2.96. The molecule has 0 saturated carbocycles. The highest BCUT2D eigenvalue weighted by Crippen LogP contribution is 2.23. The molecule has 0 bridgehead atoms. The first kappa shape index (κ1) is 17.1. The van der Waals surface area contributed by atoms with Crippen molar-refractivity contribution in [1.82, 2.24) is 0 Å². The Morgan fingerprint density at radius 1 is 1.12 bits per heavy atom. The van der Waals surface area contributed by atoms with E-state index in [0.717, 1.165) is 11.1 Å². The Morgan fingerprint density at radius 2 is 1.83 bits per heavy atom. The van der Waals surface area contributed by atoms with Crippen LogP contribution in [0.1, 0.15) is 16.7 Å². The molecule has 0 atom stereocenters. The molecule has 2 aromatic rings. The molecule has 0 heterocycles. The molecule has 0 radical (unpaired) electrons. The van der Waals surface area contributed by atoms with Gasteiger partial charge in [0, 0.05) is 12.1 Å². The molecule has 0 aliphatic heterocycles. The normalized spacial score (nSPS) is 10.2. The van der Waals surface area contributed by atoms with Crippen LogP contribution in [0.25, 0.3) is 6.08 Å². The molecule has 0 N–H and O–H groups in total. The van der Waals surface area contributed by atoms with E-state index in [2.05, 4.69) is 0 Å². The van der Waals surface area contributed by atoms with Gasteiger partial charge in [0.25, 0.3) is 0 Å². The van der Waals surface area contributed by atoms with E-state index in [1.54, 1.807) is 62.8 Å². The van der Waals surface area contributed by atoms with E-state index in [0.29, 0.717) is 17.1 Å². The molecule has 24 heavy (non-hydrogen) atoms. The van der Waals surface area contributed by atoms with Crippen LogP contribution in [0.4, 0.5) is 0 Å². The van der Waals surface area contributed by atoms with Crippen LogP contribution in [0.15, 0.2) is 48.5 Å². The van der Waals surface area contributed by atoms with Crippen molar-refractivity contribution >= 4 is 12.0 Å². The van der Waals surface area contributed by atoms with Crippen LogP contribution in [0.3, 0.4) is 0 Å². The average molecular weight is 323 g/mol. The van der Waals surface area contributed by atoms with Crippen molar-refractivity contribution in [3.8, 4) is 17.6 Å². The van der Waals surface area contributed by atoms with Crippen molar-refractivity contribution in [2.24, 2.45) is 0 Å². The van der Waals surface area contributed by atoms with Gasteiger partial charge in [-0.15, -0.1) is 0 Å². The summed E-state index contributed by atoms with van der Waals surface area (Å²) in [4.78, 5) is 11.8. The fourth-order valence-corrected chi connectivity index (χ4v) is 2.02. The molecule has 0 spiro atoms. The third-order valence-electron chi connectivity index (χ3n) is 3.22. The van der Waals surface area contributed by atoms with Gasteiger partial charge in [-0.1, -0.05) is 12.1 Å². The second-order valence-electron chi connectivity index (χ2n) is 4.90. The van der Waals surface area contributed by atoms with Gasteiger partial charge in [-0.25, -0.2) is 4.79 Å². The molecule has 2 aromatic carbocycles. The second kappa shape index (κ2) is 8.39. The van der Waals surface area contributed by atoms with Gasteiger partial charge in [-0.3, -0.25) is 0 Å². The fourth-order valence-electron chi connectivity index (χ4n) is 2.02. The van der Waals surface area contributed by atoms with Crippen molar-refractivity contribution in [1.29, 1.82) is 5.26 Å². The molecule has 0 unspecified atom stereocenters. The Kier molecular flexibility index (Phi) is 5.98. The Morgan fingerprint density at radius 3 is 2.46 bits per heavy atom. The van der Waals surface area contributed by atoms with Gasteiger partial charge in [0.1, 0.15) is 18.1 Å². The van der Waals surface area contributed by atoms with Gasteiger partial charge in [-0.05, 0) is 41.5 Å². The van der Waals surface area contributed by atoms with Crippen LogP contribution in [-0.2, 0) is 16.1 Å². The molecule has 0 aliphatic carbocycles. The van der Waals surface area contributed by atoms with Gasteiger partial charge in [-0.2, -0.15) is 5.26 Å². The number of ether oxygens (including phenoxy) is 3. The largest absolute Gasteiger partial charge is 0.497 e. The smallest absolute Gasteiger partial charge is 0.331 e. The molecule has 2 rings (SSSR count). The van der Waals surface area contributed by atoms with E-state index < -0.39 is 5.97 Å². The van der Waals surface area contributed by atoms with E-state index >= 15 is 0 Å². The van der Waals surface area contributed by atoms with Crippen LogP contribution in [0, 0.1) is 11.3 Å². The zero-order valence-corrected chi connectivity index (χ0v) is 13.5. The van der Waals surface area contributed by atoms with E-state index in [1.165, 1.54) is 6.08 Å². The topological polar surface area (TPSA) is 68.5 Å². The first-order valence-corrected chi connectivity index (χ1v) is 7.21. The molecule has 5 nitrogen and oxygen atoms in total. The van der Waals surface area contributed by atoms with Crippen LogP contribution in [0.2, 0.25) is 0 Å². The van der Waals surface area contributed by atoms with E-state index in [9.17, 15) is 4.79 Å². The number of carbonyl (C=O) groups is 1. The zero-order chi connectivity index (χ0) is 17.4. The lowest BCUT2D eigenvalue weighted by atomic mass is 10.1. The highest BCUT2D eigenvalue weighted by molar-refractivity contribution is 5.87. The Balaban J connectivity index is 1.99. The molecule has 0 saturated heterocycles. The SMILES string of the molecule is COc1cc(/C=C/C(=O)OCc2cccc(C#N)c2)cc(OC)c1. The number of hydrogen-bond acceptors (Lipinski definition) is 5. The first-order chi connectivity index (χ1) is 11.6. The number of methoxy groups -OCH3 is 2. The number of esters is 1. The molecule has 0 aliphatic rings. The molecular weight excluding hydrogens is 306 g/mol. The van der Waals surface area contributed by atoms with Gasteiger partial charge in [0.05, 0.1) is 25.9 Å². The van der Waals surface area contributed by atoms with Gasteiger partial charge >= 0.3 is 5.97 Å². The number of carbonyl (C=O) groups excluding carboxylic acids is 1. The van der Waals surface area contributed by atoms with Crippen molar-refractivity contribution in [3.63, 3.8) is 0 Å². The first-order valence-electron chi connectivity index (χ1n) is 7.21. The van der Waals surface area contributed by atoms with E-state index in [-0.39, 0.29) is 6.61 Å². The predicted molar refractivity (Wildman–Crippen MR) is 89.5 cm³/mol. The Bertz CT molecular complexity index is 768. The number of benzene rings is 2. The minimum Gasteiger partial charge on any atom is -0.497 e. The summed E-state index contributed by atoms with van der Waals surface area (Å²) in [5.74, 6) is 0.797. The highest BCUT2D eigenvalue weighted by atomic mass is 16.5. The summed E-state index contributed by atoms with van der Waals surface area (Å²) in [6, 6.07) is 14.3. The Hall–Kier alpha value is -3.26. The summed E-state index contributed by atoms with van der Waals surface area (Å²) in [5, 5.41) is 8.85. The molecular formula is C19H17NO4. The van der Waals surface area contributed by atoms with E-state index in [4.69, 9.17) is 19.5 Å².